The van der Waals surface area contributed by atoms with E-state index in [2.05, 4.69) is 48.2 Å². The number of hydrogen-bond donors (Lipinski definition) is 0. The topological polar surface area (TPSA) is 23.6 Å². The third-order valence-electron chi connectivity index (χ3n) is 5.33. The van der Waals surface area contributed by atoms with Crippen molar-refractivity contribution in [1.82, 2.24) is 4.90 Å². The fourth-order valence-electron chi connectivity index (χ4n) is 3.79. The Kier molecular flexibility index (Phi) is 6.78. The molecule has 1 saturated heterocycles. The number of carbonyl (C=O) groups excluding carboxylic acids is 1. The molecule has 4 rings (SSSR count). The smallest absolute Gasteiger partial charge is 0.266 e. The summed E-state index contributed by atoms with van der Waals surface area (Å²) in [5, 5.41) is 1.98. The number of amides is 1. The molecule has 1 aromatic carbocycles. The zero-order chi connectivity index (χ0) is 21.3. The number of thioether (sulfide) groups is 2. The number of fused-ring (bicyclic) bond motifs is 1. The lowest BCUT2D eigenvalue weighted by molar-refractivity contribution is -0.122. The van der Waals surface area contributed by atoms with Crippen molar-refractivity contribution in [3.63, 3.8) is 0 Å². The Morgan fingerprint density at radius 2 is 1.87 bits per heavy atom. The second-order valence-electron chi connectivity index (χ2n) is 7.13. The molecule has 1 amide bonds. The van der Waals surface area contributed by atoms with Crippen LogP contribution in [-0.4, -0.2) is 28.2 Å². The molecule has 3 aliphatic rings. The predicted octanol–water partition coefficient (Wildman–Crippen LogP) is 6.83. The molecular formula is C23H23ClN2OS3. The van der Waals surface area contributed by atoms with Crippen LogP contribution in [-0.2, 0) is 4.79 Å². The number of anilines is 1. The lowest BCUT2D eigenvalue weighted by atomic mass is 9.94. The van der Waals surface area contributed by atoms with E-state index in [0.717, 1.165) is 42.0 Å². The van der Waals surface area contributed by atoms with Crippen LogP contribution in [0.2, 0.25) is 0 Å². The first kappa shape index (κ1) is 21.8. The molecular weight excluding hydrogens is 452 g/mol. The number of rotatable bonds is 4. The summed E-state index contributed by atoms with van der Waals surface area (Å²) in [7, 11) is 0. The minimum Gasteiger partial charge on any atom is -0.335 e. The van der Waals surface area contributed by atoms with Gasteiger partial charge >= 0.3 is 0 Å². The van der Waals surface area contributed by atoms with E-state index >= 15 is 0 Å². The predicted molar refractivity (Wildman–Crippen MR) is 134 cm³/mol. The highest BCUT2D eigenvalue weighted by Crippen LogP contribution is 2.46. The zero-order valence-corrected chi connectivity index (χ0v) is 20.2. The molecule has 2 aliphatic heterocycles. The van der Waals surface area contributed by atoms with Crippen LogP contribution < -0.4 is 4.90 Å². The Hall–Kier alpha value is -1.47. The maximum Gasteiger partial charge on any atom is 0.266 e. The summed E-state index contributed by atoms with van der Waals surface area (Å²) in [6.45, 7) is 5.63. The average Bonchev–Trinajstić information content (AvgIpc) is 3.24. The van der Waals surface area contributed by atoms with Gasteiger partial charge in [-0.1, -0.05) is 65.6 Å². The summed E-state index contributed by atoms with van der Waals surface area (Å²) in [5.74, 6) is -0.0126. The van der Waals surface area contributed by atoms with Gasteiger partial charge in [0.05, 0.1) is 15.6 Å². The molecule has 0 atom stereocenters. The van der Waals surface area contributed by atoms with E-state index in [9.17, 15) is 4.79 Å². The van der Waals surface area contributed by atoms with Crippen LogP contribution >= 0.6 is 47.3 Å². The van der Waals surface area contributed by atoms with E-state index in [-0.39, 0.29) is 5.91 Å². The fourth-order valence-corrected chi connectivity index (χ4v) is 6.62. The van der Waals surface area contributed by atoms with Gasteiger partial charge in [-0.25, -0.2) is 0 Å². The summed E-state index contributed by atoms with van der Waals surface area (Å²) in [5.41, 5.74) is 3.41. The van der Waals surface area contributed by atoms with Gasteiger partial charge in [-0.05, 0) is 68.5 Å². The van der Waals surface area contributed by atoms with Crippen LogP contribution in [0.3, 0.4) is 0 Å². The van der Waals surface area contributed by atoms with Crippen LogP contribution in [0.15, 0.2) is 73.5 Å². The first-order valence-corrected chi connectivity index (χ1v) is 12.5. The maximum atomic E-state index is 12.5. The van der Waals surface area contributed by atoms with E-state index in [1.807, 2.05) is 13.0 Å². The van der Waals surface area contributed by atoms with Crippen LogP contribution in [0, 0.1) is 0 Å². The molecule has 3 nitrogen and oxygen atoms in total. The third-order valence-corrected chi connectivity index (χ3v) is 8.33. The highest BCUT2D eigenvalue weighted by Gasteiger charge is 2.31. The van der Waals surface area contributed by atoms with Crippen LogP contribution in [0.1, 0.15) is 33.1 Å². The number of halogens is 1. The van der Waals surface area contributed by atoms with Gasteiger partial charge in [0, 0.05) is 23.0 Å². The number of hydrogen-bond acceptors (Lipinski definition) is 5. The van der Waals surface area contributed by atoms with Gasteiger partial charge in [-0.15, -0.1) is 0 Å². The molecule has 0 radical (unpaired) electrons. The molecule has 0 spiro atoms. The lowest BCUT2D eigenvalue weighted by Crippen LogP contribution is -2.27. The maximum absolute atomic E-state index is 12.5. The summed E-state index contributed by atoms with van der Waals surface area (Å²) >= 11 is 15.3. The lowest BCUT2D eigenvalue weighted by Gasteiger charge is -2.19. The van der Waals surface area contributed by atoms with Crippen molar-refractivity contribution < 1.29 is 4.79 Å². The highest BCUT2D eigenvalue weighted by atomic mass is 35.5. The van der Waals surface area contributed by atoms with Crippen molar-refractivity contribution in [2.45, 2.75) is 38.0 Å². The van der Waals surface area contributed by atoms with Gasteiger partial charge in [0.15, 0.2) is 0 Å². The number of carbonyl (C=O) groups is 1. The Balaban J connectivity index is 1.60. The Morgan fingerprint density at radius 3 is 2.60 bits per heavy atom. The molecule has 0 bridgehead atoms. The normalized spacial score (nSPS) is 23.5. The molecule has 1 fully saturated rings. The summed E-state index contributed by atoms with van der Waals surface area (Å²) < 4.78 is 0.624. The minimum atomic E-state index is -0.0126. The zero-order valence-electron chi connectivity index (χ0n) is 17.0. The van der Waals surface area contributed by atoms with Gasteiger partial charge in [0.25, 0.3) is 5.91 Å². The summed E-state index contributed by atoms with van der Waals surface area (Å²) in [6.07, 6.45) is 9.10. The van der Waals surface area contributed by atoms with Crippen LogP contribution in [0.4, 0.5) is 5.69 Å². The first-order valence-electron chi connectivity index (χ1n) is 10.1. The van der Waals surface area contributed by atoms with Crippen molar-refractivity contribution in [2.75, 3.05) is 18.0 Å². The SMILES string of the molecule is CCN1C(=O)/C(=C/C2=C(Cl)C(=C/C=C3\Sc4ccccc4N3CC)/CCC2)SC1=S. The summed E-state index contributed by atoms with van der Waals surface area (Å²) in [6, 6.07) is 8.49. The number of benzene rings is 1. The Labute approximate surface area is 196 Å². The van der Waals surface area contributed by atoms with Gasteiger partial charge in [0.2, 0.25) is 0 Å². The molecule has 0 N–H and O–H groups in total. The molecule has 1 aliphatic carbocycles. The van der Waals surface area contributed by atoms with E-state index in [0.29, 0.717) is 15.8 Å². The number of nitrogens with zero attached hydrogens (tertiary/aromatic N) is 2. The number of allylic oxidation sites excluding steroid dienone is 6. The van der Waals surface area contributed by atoms with E-state index in [1.165, 1.54) is 27.4 Å². The van der Waals surface area contributed by atoms with Gasteiger partial charge < -0.3 is 4.90 Å². The average molecular weight is 475 g/mol. The number of likely N-dealkylation sites (N-methyl/N-ethyl adjacent to an activating group) is 1. The first-order chi connectivity index (χ1) is 14.5. The van der Waals surface area contributed by atoms with Crippen molar-refractivity contribution >= 4 is 63.3 Å². The second kappa shape index (κ2) is 9.35. The van der Waals surface area contributed by atoms with Gasteiger partial charge in [-0.3, -0.25) is 9.69 Å². The molecule has 30 heavy (non-hydrogen) atoms. The fraction of sp³-hybridized carbons (Fsp3) is 0.304. The quantitative estimate of drug-likeness (QED) is 0.351. The molecule has 2 heterocycles. The van der Waals surface area contributed by atoms with E-state index in [4.69, 9.17) is 23.8 Å². The minimum absolute atomic E-state index is 0.0126. The molecule has 156 valence electrons. The monoisotopic (exact) mass is 474 g/mol. The van der Waals surface area contributed by atoms with Gasteiger partial charge in [-0.2, -0.15) is 0 Å². The molecule has 0 unspecified atom stereocenters. The molecule has 0 saturated carbocycles. The summed E-state index contributed by atoms with van der Waals surface area (Å²) in [4.78, 5) is 18.5. The van der Waals surface area contributed by atoms with E-state index < -0.39 is 0 Å². The number of thiocarbonyl (C=S) groups is 1. The largest absolute Gasteiger partial charge is 0.335 e. The molecule has 7 heteroatoms. The second-order valence-corrected chi connectivity index (χ2v) is 10.2. The highest BCUT2D eigenvalue weighted by molar-refractivity contribution is 8.26. The van der Waals surface area contributed by atoms with Crippen LogP contribution in [0.25, 0.3) is 0 Å². The van der Waals surface area contributed by atoms with Crippen LogP contribution in [0.5, 0.6) is 0 Å². The van der Waals surface area contributed by atoms with Crippen molar-refractivity contribution in [1.29, 1.82) is 0 Å². The van der Waals surface area contributed by atoms with Crippen molar-refractivity contribution in [3.05, 3.63) is 68.6 Å². The number of para-hydroxylation sites is 1. The third kappa shape index (κ3) is 4.15. The van der Waals surface area contributed by atoms with Crippen molar-refractivity contribution in [3.8, 4) is 0 Å². The Morgan fingerprint density at radius 1 is 1.10 bits per heavy atom. The van der Waals surface area contributed by atoms with E-state index in [1.54, 1.807) is 16.7 Å². The van der Waals surface area contributed by atoms with Crippen molar-refractivity contribution in [2.24, 2.45) is 0 Å². The molecule has 1 aromatic rings. The molecule has 0 aromatic heterocycles. The standard InChI is InChI=1S/C23H23ClN2OS3/c1-3-25-17-10-5-6-11-18(17)29-20(25)13-12-15-8-7-9-16(21(15)24)14-19-22(27)26(4-2)23(28)30-19/h5-6,10-14H,3-4,7-9H2,1-2H3/b15-12+,19-14-,20-13-. The Bertz CT molecular complexity index is 1030. The van der Waals surface area contributed by atoms with Gasteiger partial charge in [0.1, 0.15) is 4.32 Å².